The molecule has 1 unspecified atom stereocenters. The third-order valence-electron chi connectivity index (χ3n) is 4.80. The summed E-state index contributed by atoms with van der Waals surface area (Å²) in [6, 6.07) is 7.01. The van der Waals surface area contributed by atoms with Crippen molar-refractivity contribution in [2.75, 3.05) is 0 Å². The van der Waals surface area contributed by atoms with E-state index in [0.717, 1.165) is 11.3 Å². The average molecular weight is 291 g/mol. The fraction of sp³-hybridized carbons (Fsp3) is 0.588. The highest BCUT2D eigenvalue weighted by atomic mass is 35.5. The maximum Gasteiger partial charge on any atom is 0.125 e. The number of aromatic nitrogens is 2. The zero-order valence-electron chi connectivity index (χ0n) is 12.6. The third-order valence-corrected chi connectivity index (χ3v) is 5.04. The Balaban J connectivity index is 2.20. The largest absolute Gasteiger partial charge is 0.323 e. The van der Waals surface area contributed by atoms with E-state index in [9.17, 15) is 0 Å². The third kappa shape index (κ3) is 2.24. The Bertz CT molecular complexity index is 627. The highest BCUT2D eigenvalue weighted by Crippen LogP contribution is 2.45. The van der Waals surface area contributed by atoms with Crippen LogP contribution in [-0.4, -0.2) is 9.55 Å². The lowest BCUT2D eigenvalue weighted by Crippen LogP contribution is -2.31. The predicted molar refractivity (Wildman–Crippen MR) is 85.3 cm³/mol. The first-order chi connectivity index (χ1) is 9.53. The average Bonchev–Trinajstić information content (AvgIpc) is 2.76. The molecule has 0 aliphatic heterocycles. The number of benzene rings is 1. The minimum Gasteiger partial charge on any atom is -0.323 e. The summed E-state index contributed by atoms with van der Waals surface area (Å²) in [6.07, 6.45) is 5.16. The van der Waals surface area contributed by atoms with Crippen molar-refractivity contribution in [1.29, 1.82) is 0 Å². The van der Waals surface area contributed by atoms with Gasteiger partial charge in [0.05, 0.1) is 16.9 Å². The Morgan fingerprint density at radius 1 is 1.35 bits per heavy atom. The first-order valence-electron chi connectivity index (χ1n) is 7.56. The number of fused-ring (bicyclic) bond motifs is 1. The van der Waals surface area contributed by atoms with Crippen molar-refractivity contribution in [1.82, 2.24) is 9.55 Å². The Kier molecular flexibility index (Phi) is 3.53. The van der Waals surface area contributed by atoms with Crippen molar-refractivity contribution in [2.24, 2.45) is 5.41 Å². The van der Waals surface area contributed by atoms with Crippen molar-refractivity contribution in [3.63, 3.8) is 0 Å². The van der Waals surface area contributed by atoms with E-state index in [2.05, 4.69) is 43.5 Å². The molecule has 1 heterocycles. The lowest BCUT2D eigenvalue weighted by Gasteiger charge is -2.40. The number of aryl methyl sites for hydroxylation is 1. The molecular formula is C17H23ClN2. The summed E-state index contributed by atoms with van der Waals surface area (Å²) in [4.78, 5) is 4.74. The molecule has 1 aliphatic rings. The quantitative estimate of drug-likeness (QED) is 0.693. The monoisotopic (exact) mass is 290 g/mol. The summed E-state index contributed by atoms with van der Waals surface area (Å²) in [5, 5.41) is 0. The van der Waals surface area contributed by atoms with E-state index in [4.69, 9.17) is 16.6 Å². The molecule has 3 rings (SSSR count). The number of halogens is 1. The lowest BCUT2D eigenvalue weighted by molar-refractivity contribution is 0.145. The first kappa shape index (κ1) is 13.9. The molecule has 0 bridgehead atoms. The summed E-state index contributed by atoms with van der Waals surface area (Å²) in [6.45, 7) is 6.91. The van der Waals surface area contributed by atoms with E-state index in [-0.39, 0.29) is 0 Å². The molecule has 0 spiro atoms. The molecule has 1 saturated carbocycles. The van der Waals surface area contributed by atoms with E-state index in [1.165, 1.54) is 36.8 Å². The molecule has 20 heavy (non-hydrogen) atoms. The molecule has 0 radical (unpaired) electrons. The van der Waals surface area contributed by atoms with Gasteiger partial charge in [0.1, 0.15) is 5.82 Å². The summed E-state index contributed by atoms with van der Waals surface area (Å²) >= 11 is 6.17. The van der Waals surface area contributed by atoms with Crippen molar-refractivity contribution >= 4 is 22.6 Å². The van der Waals surface area contributed by atoms with Crippen LogP contribution in [0, 0.1) is 12.3 Å². The smallest absolute Gasteiger partial charge is 0.125 e. The maximum atomic E-state index is 6.17. The van der Waals surface area contributed by atoms with E-state index < -0.39 is 0 Å². The minimum absolute atomic E-state index is 0.316. The van der Waals surface area contributed by atoms with Gasteiger partial charge in [-0.2, -0.15) is 0 Å². The summed E-state index contributed by atoms with van der Waals surface area (Å²) < 4.78 is 2.43. The van der Waals surface area contributed by atoms with Gasteiger partial charge in [-0.3, -0.25) is 0 Å². The normalized spacial score (nSPS) is 22.3. The van der Waals surface area contributed by atoms with Crippen LogP contribution in [0.25, 0.3) is 11.0 Å². The van der Waals surface area contributed by atoms with Gasteiger partial charge < -0.3 is 4.57 Å². The van der Waals surface area contributed by atoms with Crippen molar-refractivity contribution < 1.29 is 0 Å². The van der Waals surface area contributed by atoms with Gasteiger partial charge in [0.15, 0.2) is 0 Å². The van der Waals surface area contributed by atoms with Crippen LogP contribution in [0.15, 0.2) is 18.2 Å². The lowest BCUT2D eigenvalue weighted by atomic mass is 9.73. The van der Waals surface area contributed by atoms with Gasteiger partial charge in [0.2, 0.25) is 0 Å². The van der Waals surface area contributed by atoms with Crippen molar-refractivity contribution in [3.05, 3.63) is 29.6 Å². The fourth-order valence-electron chi connectivity index (χ4n) is 3.65. The predicted octanol–water partition coefficient (Wildman–Crippen LogP) is 5.22. The second-order valence-corrected chi connectivity index (χ2v) is 7.04. The minimum atomic E-state index is 0.316. The molecule has 0 N–H and O–H groups in total. The highest BCUT2D eigenvalue weighted by molar-refractivity contribution is 6.16. The molecule has 1 fully saturated rings. The molecule has 2 aromatic rings. The topological polar surface area (TPSA) is 17.8 Å². The van der Waals surface area contributed by atoms with Gasteiger partial charge in [-0.1, -0.05) is 32.8 Å². The van der Waals surface area contributed by atoms with Crippen LogP contribution in [0.4, 0.5) is 0 Å². The van der Waals surface area contributed by atoms with E-state index >= 15 is 0 Å². The maximum absolute atomic E-state index is 6.17. The molecule has 2 nitrogen and oxygen atoms in total. The van der Waals surface area contributed by atoms with E-state index in [0.29, 0.717) is 17.3 Å². The number of rotatable bonds is 2. The Morgan fingerprint density at radius 3 is 2.85 bits per heavy atom. The molecule has 0 amide bonds. The number of imidazole rings is 1. The van der Waals surface area contributed by atoms with E-state index in [1.807, 2.05) is 0 Å². The number of hydrogen-bond donors (Lipinski definition) is 0. The zero-order valence-corrected chi connectivity index (χ0v) is 13.4. The molecule has 1 atom stereocenters. The number of nitrogens with zero attached hydrogens (tertiary/aromatic N) is 2. The van der Waals surface area contributed by atoms with Crippen LogP contribution >= 0.6 is 11.6 Å². The number of hydrogen-bond acceptors (Lipinski definition) is 1. The summed E-state index contributed by atoms with van der Waals surface area (Å²) in [5.41, 5.74) is 3.93. The molecule has 3 heteroatoms. The Morgan fingerprint density at radius 2 is 2.15 bits per heavy atom. The Labute approximate surface area is 126 Å². The van der Waals surface area contributed by atoms with Crippen LogP contribution < -0.4 is 0 Å². The van der Waals surface area contributed by atoms with Gasteiger partial charge in [-0.05, 0) is 42.9 Å². The zero-order chi connectivity index (χ0) is 14.3. The van der Waals surface area contributed by atoms with Crippen LogP contribution in [0.2, 0.25) is 0 Å². The molecule has 1 aliphatic carbocycles. The molecule has 1 aromatic heterocycles. The van der Waals surface area contributed by atoms with Crippen LogP contribution in [0.3, 0.4) is 0 Å². The molecular weight excluding hydrogens is 268 g/mol. The van der Waals surface area contributed by atoms with Crippen LogP contribution in [-0.2, 0) is 5.88 Å². The van der Waals surface area contributed by atoms with Gasteiger partial charge >= 0.3 is 0 Å². The summed E-state index contributed by atoms with van der Waals surface area (Å²) in [5.74, 6) is 1.51. The van der Waals surface area contributed by atoms with Crippen LogP contribution in [0.5, 0.6) is 0 Å². The first-order valence-corrected chi connectivity index (χ1v) is 8.10. The van der Waals surface area contributed by atoms with Crippen molar-refractivity contribution in [2.45, 2.75) is 58.4 Å². The molecule has 108 valence electrons. The summed E-state index contributed by atoms with van der Waals surface area (Å²) in [7, 11) is 0. The standard InChI is InChI=1S/C17H23ClN2/c1-12-7-8-13-14(10-12)20(16(11-18)19-13)15-6-4-5-9-17(15,2)3/h7-8,10,15H,4-6,9,11H2,1-3H3. The second-order valence-electron chi connectivity index (χ2n) is 6.77. The Hall–Kier alpha value is -1.02. The van der Waals surface area contributed by atoms with Crippen LogP contribution in [0.1, 0.15) is 57.0 Å². The van der Waals surface area contributed by atoms with Gasteiger partial charge in [0.25, 0.3) is 0 Å². The molecule has 0 saturated heterocycles. The van der Waals surface area contributed by atoms with Gasteiger partial charge in [-0.25, -0.2) is 4.98 Å². The van der Waals surface area contributed by atoms with Gasteiger partial charge in [-0.15, -0.1) is 11.6 Å². The van der Waals surface area contributed by atoms with Crippen molar-refractivity contribution in [3.8, 4) is 0 Å². The van der Waals surface area contributed by atoms with Gasteiger partial charge in [0, 0.05) is 6.04 Å². The van der Waals surface area contributed by atoms with E-state index in [1.54, 1.807) is 0 Å². The SMILES string of the molecule is Cc1ccc2nc(CCl)n(C3CCCCC3(C)C)c2c1. The highest BCUT2D eigenvalue weighted by Gasteiger charge is 2.35. The second kappa shape index (κ2) is 5.07. The fourth-order valence-corrected chi connectivity index (χ4v) is 3.84. The molecule has 1 aromatic carbocycles. The number of alkyl halides is 1.